The van der Waals surface area contributed by atoms with Crippen molar-refractivity contribution in [2.75, 3.05) is 19.6 Å². The number of carbonyl (C=O) groups excluding carboxylic acids is 1. The first kappa shape index (κ1) is 26.9. The molecule has 5 heteroatoms. The molecule has 2 atom stereocenters. The van der Waals surface area contributed by atoms with E-state index in [0.29, 0.717) is 19.0 Å². The highest BCUT2D eigenvalue weighted by molar-refractivity contribution is 5.94. The van der Waals surface area contributed by atoms with E-state index in [2.05, 4.69) is 85.1 Å². The number of hydrogen-bond donors (Lipinski definition) is 1. The van der Waals surface area contributed by atoms with Crippen molar-refractivity contribution in [1.29, 1.82) is 0 Å². The molecule has 0 aliphatic carbocycles. The van der Waals surface area contributed by atoms with Crippen LogP contribution in [0, 0.1) is 18.3 Å². The molecule has 0 bridgehead atoms. The third kappa shape index (κ3) is 6.31. The first-order valence-electron chi connectivity index (χ1n) is 14.0. The highest BCUT2D eigenvalue weighted by Crippen LogP contribution is 2.40. The van der Waals surface area contributed by atoms with Crippen molar-refractivity contribution >= 4 is 5.91 Å². The maximum absolute atomic E-state index is 14.3. The minimum absolute atomic E-state index is 0.0637. The molecule has 1 N–H and O–H groups in total. The van der Waals surface area contributed by atoms with Crippen molar-refractivity contribution in [3.05, 3.63) is 114 Å². The van der Waals surface area contributed by atoms with E-state index in [-0.39, 0.29) is 17.4 Å². The van der Waals surface area contributed by atoms with Crippen LogP contribution in [0.25, 0.3) is 11.3 Å². The number of aromatic nitrogens is 2. The number of aryl methyl sites for hydroxylation is 1. The van der Waals surface area contributed by atoms with Crippen LogP contribution in [0.4, 0.5) is 0 Å². The Labute approximate surface area is 232 Å². The van der Waals surface area contributed by atoms with Gasteiger partial charge in [-0.3, -0.25) is 4.79 Å². The summed E-state index contributed by atoms with van der Waals surface area (Å²) < 4.78 is 2.27. The smallest absolute Gasteiger partial charge is 0.254 e. The van der Waals surface area contributed by atoms with E-state index in [9.17, 15) is 4.79 Å². The summed E-state index contributed by atoms with van der Waals surface area (Å²) in [6.07, 6.45) is 3.23. The Kier molecular flexibility index (Phi) is 7.99. The molecule has 39 heavy (non-hydrogen) atoms. The van der Waals surface area contributed by atoms with Gasteiger partial charge in [-0.2, -0.15) is 0 Å². The van der Waals surface area contributed by atoms with Crippen LogP contribution in [0.5, 0.6) is 0 Å². The summed E-state index contributed by atoms with van der Waals surface area (Å²) in [6, 6.07) is 28.5. The number of imidazole rings is 1. The molecule has 1 amide bonds. The Balaban J connectivity index is 1.64. The lowest BCUT2D eigenvalue weighted by atomic mass is 9.83. The van der Waals surface area contributed by atoms with Crippen molar-refractivity contribution in [1.82, 2.24) is 19.8 Å². The quantitative estimate of drug-likeness (QED) is 0.280. The molecular weight excluding hydrogens is 480 g/mol. The minimum Gasteiger partial charge on any atom is -0.328 e. The fourth-order valence-corrected chi connectivity index (χ4v) is 5.73. The molecule has 1 saturated heterocycles. The van der Waals surface area contributed by atoms with Crippen LogP contribution in [0.15, 0.2) is 91.1 Å². The number of benzene rings is 3. The Morgan fingerprint density at radius 1 is 1.03 bits per heavy atom. The molecule has 1 aliphatic rings. The molecule has 1 aromatic heterocycles. The molecule has 0 radical (unpaired) electrons. The topological polar surface area (TPSA) is 50.2 Å². The fourth-order valence-electron chi connectivity index (χ4n) is 5.73. The van der Waals surface area contributed by atoms with Crippen molar-refractivity contribution in [2.45, 2.75) is 46.7 Å². The number of rotatable bonds is 8. The second-order valence-corrected chi connectivity index (χ2v) is 11.9. The van der Waals surface area contributed by atoms with E-state index < -0.39 is 0 Å². The highest BCUT2D eigenvalue weighted by atomic mass is 16.2. The maximum atomic E-state index is 14.3. The lowest BCUT2D eigenvalue weighted by Crippen LogP contribution is -2.45. The molecule has 202 valence electrons. The van der Waals surface area contributed by atoms with Crippen molar-refractivity contribution in [2.24, 2.45) is 11.3 Å². The molecule has 5 nitrogen and oxygen atoms in total. The summed E-state index contributed by atoms with van der Waals surface area (Å²) in [5, 5.41) is 3.49. The first-order valence-corrected chi connectivity index (χ1v) is 14.0. The second kappa shape index (κ2) is 11.6. The maximum Gasteiger partial charge on any atom is 0.254 e. The molecule has 2 unspecified atom stereocenters. The van der Waals surface area contributed by atoms with Gasteiger partial charge < -0.3 is 14.8 Å². The summed E-state index contributed by atoms with van der Waals surface area (Å²) >= 11 is 0. The van der Waals surface area contributed by atoms with Gasteiger partial charge in [0.2, 0.25) is 0 Å². The van der Waals surface area contributed by atoms with Crippen LogP contribution in [0.2, 0.25) is 0 Å². The number of amides is 1. The van der Waals surface area contributed by atoms with Gasteiger partial charge in [-0.1, -0.05) is 99.1 Å². The minimum atomic E-state index is -0.250. The van der Waals surface area contributed by atoms with E-state index >= 15 is 0 Å². The first-order chi connectivity index (χ1) is 18.8. The third-order valence-corrected chi connectivity index (χ3v) is 7.59. The number of carbonyl (C=O) groups is 1. The highest BCUT2D eigenvalue weighted by Gasteiger charge is 2.40. The van der Waals surface area contributed by atoms with Gasteiger partial charge in [0.25, 0.3) is 5.91 Å². The third-order valence-electron chi connectivity index (χ3n) is 7.59. The molecule has 5 rings (SSSR count). The van der Waals surface area contributed by atoms with Gasteiger partial charge in [0.05, 0.1) is 11.7 Å². The Bertz CT molecular complexity index is 1380. The molecule has 0 saturated carbocycles. The number of hydrogen-bond acceptors (Lipinski definition) is 3. The van der Waals surface area contributed by atoms with Crippen LogP contribution in [-0.4, -0.2) is 40.0 Å². The Hall–Kier alpha value is -3.70. The summed E-state index contributed by atoms with van der Waals surface area (Å²) in [5.41, 5.74) is 4.94. The zero-order chi connectivity index (χ0) is 27.4. The standard InChI is InChI=1S/C34H40N4O/c1-25-12-11-13-26(20-25)22-37-24-30(28-14-7-5-8-15-28)36-32(37)31(34(2,3)4)38(23-27-18-19-35-21-27)33(39)29-16-9-6-10-17-29/h5-17,20,24,27,31,35H,18-19,21-23H2,1-4H3. The van der Waals surface area contributed by atoms with Gasteiger partial charge in [0.1, 0.15) is 5.82 Å². The van der Waals surface area contributed by atoms with E-state index in [1.807, 2.05) is 48.5 Å². The van der Waals surface area contributed by atoms with Crippen LogP contribution in [-0.2, 0) is 6.54 Å². The lowest BCUT2D eigenvalue weighted by molar-refractivity contribution is 0.0437. The Morgan fingerprint density at radius 3 is 2.38 bits per heavy atom. The zero-order valence-corrected chi connectivity index (χ0v) is 23.6. The summed E-state index contributed by atoms with van der Waals surface area (Å²) in [6.45, 7) is 12.1. The van der Waals surface area contributed by atoms with Gasteiger partial charge in [-0.05, 0) is 55.5 Å². The van der Waals surface area contributed by atoms with E-state index in [4.69, 9.17) is 4.98 Å². The SMILES string of the molecule is Cc1cccc(Cn2cc(-c3ccccc3)nc2C(N(CC2CCNC2)C(=O)c2ccccc2)C(C)(C)C)c1. The zero-order valence-electron chi connectivity index (χ0n) is 23.6. The van der Waals surface area contributed by atoms with Crippen molar-refractivity contribution in [3.8, 4) is 11.3 Å². The van der Waals surface area contributed by atoms with Crippen LogP contribution in [0.3, 0.4) is 0 Å². The molecule has 1 aliphatic heterocycles. The monoisotopic (exact) mass is 520 g/mol. The van der Waals surface area contributed by atoms with Crippen LogP contribution < -0.4 is 5.32 Å². The van der Waals surface area contributed by atoms with Crippen LogP contribution >= 0.6 is 0 Å². The van der Waals surface area contributed by atoms with Crippen molar-refractivity contribution < 1.29 is 4.79 Å². The van der Waals surface area contributed by atoms with Gasteiger partial charge in [-0.15, -0.1) is 0 Å². The van der Waals surface area contributed by atoms with Crippen LogP contribution in [0.1, 0.15) is 60.5 Å². The summed E-state index contributed by atoms with van der Waals surface area (Å²) in [5.74, 6) is 1.41. The fraction of sp³-hybridized carbons (Fsp3) is 0.353. The average Bonchev–Trinajstić information content (AvgIpc) is 3.59. The number of nitrogens with one attached hydrogen (secondary N) is 1. The van der Waals surface area contributed by atoms with Gasteiger partial charge >= 0.3 is 0 Å². The normalized spacial score (nSPS) is 16.3. The van der Waals surface area contributed by atoms with E-state index in [1.54, 1.807) is 0 Å². The molecule has 3 aromatic carbocycles. The predicted molar refractivity (Wildman–Crippen MR) is 159 cm³/mol. The summed E-state index contributed by atoms with van der Waals surface area (Å²) in [4.78, 5) is 21.7. The van der Waals surface area contributed by atoms with Crippen molar-refractivity contribution in [3.63, 3.8) is 0 Å². The van der Waals surface area contributed by atoms with Gasteiger partial charge in [-0.25, -0.2) is 4.98 Å². The van der Waals surface area contributed by atoms with E-state index in [0.717, 1.165) is 42.2 Å². The molecular formula is C34H40N4O. The van der Waals surface area contributed by atoms with Gasteiger partial charge in [0.15, 0.2) is 0 Å². The second-order valence-electron chi connectivity index (χ2n) is 11.9. The van der Waals surface area contributed by atoms with Gasteiger partial charge in [0, 0.05) is 30.4 Å². The summed E-state index contributed by atoms with van der Waals surface area (Å²) in [7, 11) is 0. The average molecular weight is 521 g/mol. The van der Waals surface area contributed by atoms with E-state index in [1.165, 1.54) is 11.1 Å². The largest absolute Gasteiger partial charge is 0.328 e. The molecule has 1 fully saturated rings. The Morgan fingerprint density at radius 2 is 1.74 bits per heavy atom. The predicted octanol–water partition coefficient (Wildman–Crippen LogP) is 6.75. The molecule has 4 aromatic rings. The number of nitrogens with zero attached hydrogens (tertiary/aromatic N) is 3. The molecule has 0 spiro atoms. The molecule has 2 heterocycles. The lowest BCUT2D eigenvalue weighted by Gasteiger charge is -2.41.